The molecule has 166 valence electrons. The molecule has 2 aromatic rings. The van der Waals surface area contributed by atoms with Crippen LogP contribution in [0.1, 0.15) is 33.3 Å². The number of rotatable bonds is 10. The maximum atomic E-state index is 13.0. The van der Waals surface area contributed by atoms with Gasteiger partial charge in [0.25, 0.3) is 5.91 Å². The number of nitrogens with one attached hydrogen (secondary N) is 1. The quantitative estimate of drug-likeness (QED) is 0.600. The molecule has 1 unspecified atom stereocenters. The van der Waals surface area contributed by atoms with Crippen LogP contribution in [0.5, 0.6) is 11.5 Å². The van der Waals surface area contributed by atoms with Gasteiger partial charge in [-0.15, -0.1) is 0 Å². The van der Waals surface area contributed by atoms with Gasteiger partial charge in [-0.1, -0.05) is 13.8 Å². The molecule has 2 rings (SSSR count). The topological polar surface area (TPSA) is 109 Å². The Morgan fingerprint density at radius 3 is 2.32 bits per heavy atom. The molecule has 1 atom stereocenters. The maximum absolute atomic E-state index is 13.0. The van der Waals surface area contributed by atoms with Gasteiger partial charge in [-0.05, 0) is 56.3 Å². The molecule has 31 heavy (non-hydrogen) atoms. The molecular weight excluding hydrogens is 418 g/mol. The van der Waals surface area contributed by atoms with Crippen molar-refractivity contribution in [3.05, 3.63) is 48.0 Å². The molecular formula is C22H27N3O5S. The molecule has 0 bridgehead atoms. The van der Waals surface area contributed by atoms with Gasteiger partial charge in [0.1, 0.15) is 16.4 Å². The summed E-state index contributed by atoms with van der Waals surface area (Å²) in [4.78, 5) is 12.6. The lowest BCUT2D eigenvalue weighted by Gasteiger charge is -2.21. The molecule has 8 nitrogen and oxygen atoms in total. The van der Waals surface area contributed by atoms with Crippen LogP contribution in [0.3, 0.4) is 0 Å². The van der Waals surface area contributed by atoms with Gasteiger partial charge in [0.05, 0.1) is 18.2 Å². The summed E-state index contributed by atoms with van der Waals surface area (Å²) >= 11 is 0. The van der Waals surface area contributed by atoms with E-state index in [0.29, 0.717) is 36.7 Å². The second-order valence-corrected chi connectivity index (χ2v) is 8.48. The minimum absolute atomic E-state index is 0.00323. The van der Waals surface area contributed by atoms with Crippen molar-refractivity contribution in [2.75, 3.05) is 25.0 Å². The molecule has 0 heterocycles. The number of amides is 1. The van der Waals surface area contributed by atoms with Crippen LogP contribution >= 0.6 is 0 Å². The number of nitrogens with zero attached hydrogens (tertiary/aromatic N) is 2. The summed E-state index contributed by atoms with van der Waals surface area (Å²) in [7, 11) is -3.79. The second kappa shape index (κ2) is 10.8. The van der Waals surface area contributed by atoms with E-state index in [1.165, 1.54) is 16.4 Å². The Hall–Kier alpha value is -3.09. The molecule has 0 aliphatic carbocycles. The molecule has 0 radical (unpaired) electrons. The first-order valence-corrected chi connectivity index (χ1v) is 11.4. The number of benzene rings is 2. The summed E-state index contributed by atoms with van der Waals surface area (Å²) < 4.78 is 38.5. The van der Waals surface area contributed by atoms with Crippen LogP contribution in [0.4, 0.5) is 5.69 Å². The zero-order valence-electron chi connectivity index (χ0n) is 18.1. The van der Waals surface area contributed by atoms with E-state index in [1.54, 1.807) is 58.0 Å². The summed E-state index contributed by atoms with van der Waals surface area (Å²) in [6, 6.07) is 12.9. The number of nitriles is 1. The van der Waals surface area contributed by atoms with Crippen molar-refractivity contribution in [2.24, 2.45) is 0 Å². The summed E-state index contributed by atoms with van der Waals surface area (Å²) in [6.45, 7) is 7.81. The Bertz CT molecular complexity index is 1040. The first-order valence-electron chi connectivity index (χ1n) is 10.0. The third-order valence-electron chi connectivity index (χ3n) is 4.50. The van der Waals surface area contributed by atoms with Gasteiger partial charge < -0.3 is 14.8 Å². The Morgan fingerprint density at radius 1 is 1.13 bits per heavy atom. The largest absolute Gasteiger partial charge is 0.492 e. The molecule has 9 heteroatoms. The highest BCUT2D eigenvalue weighted by Crippen LogP contribution is 2.30. The molecule has 0 spiro atoms. The molecule has 1 amide bonds. The minimum atomic E-state index is -3.79. The number of hydrogen-bond donors (Lipinski definition) is 1. The SMILES string of the molecule is CCOc1ccc(NC(=O)C(C)Oc2ccc(C#N)cc2)cc1S(=O)(=O)N(CC)CC. The van der Waals surface area contributed by atoms with Gasteiger partial charge in [-0.3, -0.25) is 4.79 Å². The van der Waals surface area contributed by atoms with Crippen molar-refractivity contribution < 1.29 is 22.7 Å². The van der Waals surface area contributed by atoms with E-state index in [0.717, 1.165) is 0 Å². The Kier molecular flexibility index (Phi) is 8.42. The van der Waals surface area contributed by atoms with Crippen molar-refractivity contribution in [2.45, 2.75) is 38.7 Å². The predicted molar refractivity (Wildman–Crippen MR) is 118 cm³/mol. The van der Waals surface area contributed by atoms with Crippen LogP contribution in [0, 0.1) is 11.3 Å². The minimum Gasteiger partial charge on any atom is -0.492 e. The highest BCUT2D eigenvalue weighted by molar-refractivity contribution is 7.89. The third-order valence-corrected chi connectivity index (χ3v) is 6.57. The number of ether oxygens (including phenoxy) is 2. The standard InChI is InChI=1S/C22H27N3O5S/c1-5-25(6-2)31(27,28)21-14-18(10-13-20(21)29-7-3)24-22(26)16(4)30-19-11-8-17(15-23)9-12-19/h8-14,16H,5-7H2,1-4H3,(H,24,26). The molecule has 0 aliphatic heterocycles. The average molecular weight is 446 g/mol. The monoisotopic (exact) mass is 445 g/mol. The molecule has 0 aliphatic rings. The Morgan fingerprint density at radius 2 is 1.77 bits per heavy atom. The zero-order chi connectivity index (χ0) is 23.0. The first-order chi connectivity index (χ1) is 14.8. The summed E-state index contributed by atoms with van der Waals surface area (Å²) in [5, 5.41) is 11.5. The fraction of sp³-hybridized carbons (Fsp3) is 0.364. The third kappa shape index (κ3) is 5.96. The fourth-order valence-corrected chi connectivity index (χ4v) is 4.49. The normalized spacial score (nSPS) is 12.1. The van der Waals surface area contributed by atoms with E-state index >= 15 is 0 Å². The number of carbonyl (C=O) groups is 1. The van der Waals surface area contributed by atoms with Crippen LogP contribution in [-0.4, -0.2) is 44.4 Å². The number of sulfonamides is 1. The van der Waals surface area contributed by atoms with Gasteiger partial charge in [0, 0.05) is 18.8 Å². The summed E-state index contributed by atoms with van der Waals surface area (Å²) in [5.41, 5.74) is 0.801. The van der Waals surface area contributed by atoms with E-state index in [-0.39, 0.29) is 10.6 Å². The zero-order valence-corrected chi connectivity index (χ0v) is 18.9. The highest BCUT2D eigenvalue weighted by atomic mass is 32.2. The number of hydrogen-bond acceptors (Lipinski definition) is 6. The van der Waals surface area contributed by atoms with Crippen molar-refractivity contribution in [1.29, 1.82) is 5.26 Å². The second-order valence-electron chi connectivity index (χ2n) is 6.57. The van der Waals surface area contributed by atoms with Gasteiger partial charge in [-0.2, -0.15) is 9.57 Å². The summed E-state index contributed by atoms with van der Waals surface area (Å²) in [6.07, 6.45) is -0.845. The van der Waals surface area contributed by atoms with Crippen molar-refractivity contribution in [1.82, 2.24) is 4.31 Å². The van der Waals surface area contributed by atoms with Gasteiger partial charge >= 0.3 is 0 Å². The molecule has 0 saturated carbocycles. The van der Waals surface area contributed by atoms with Crippen molar-refractivity contribution >= 4 is 21.6 Å². The van der Waals surface area contributed by atoms with E-state index in [1.807, 2.05) is 6.07 Å². The Labute approximate surface area is 183 Å². The molecule has 0 saturated heterocycles. The van der Waals surface area contributed by atoms with E-state index < -0.39 is 22.0 Å². The summed E-state index contributed by atoms with van der Waals surface area (Å²) in [5.74, 6) is 0.229. The van der Waals surface area contributed by atoms with Gasteiger partial charge in [0.2, 0.25) is 10.0 Å². The Balaban J connectivity index is 2.23. The van der Waals surface area contributed by atoms with E-state index in [4.69, 9.17) is 14.7 Å². The lowest BCUT2D eigenvalue weighted by molar-refractivity contribution is -0.122. The molecule has 0 aromatic heterocycles. The first kappa shape index (κ1) is 24.2. The van der Waals surface area contributed by atoms with Crippen molar-refractivity contribution in [3.8, 4) is 17.6 Å². The number of carbonyl (C=O) groups excluding carboxylic acids is 1. The predicted octanol–water partition coefficient (Wildman–Crippen LogP) is 3.39. The fourth-order valence-electron chi connectivity index (χ4n) is 2.87. The maximum Gasteiger partial charge on any atom is 0.265 e. The average Bonchev–Trinajstić information content (AvgIpc) is 2.76. The van der Waals surface area contributed by atoms with Crippen LogP contribution in [0.25, 0.3) is 0 Å². The van der Waals surface area contributed by atoms with Crippen LogP contribution in [0.15, 0.2) is 47.4 Å². The lowest BCUT2D eigenvalue weighted by atomic mass is 10.2. The number of anilines is 1. The van der Waals surface area contributed by atoms with Crippen LogP contribution in [-0.2, 0) is 14.8 Å². The van der Waals surface area contributed by atoms with E-state index in [9.17, 15) is 13.2 Å². The van der Waals surface area contributed by atoms with E-state index in [2.05, 4.69) is 5.32 Å². The smallest absolute Gasteiger partial charge is 0.265 e. The highest BCUT2D eigenvalue weighted by Gasteiger charge is 2.27. The van der Waals surface area contributed by atoms with Gasteiger partial charge in [0.15, 0.2) is 6.10 Å². The molecule has 1 N–H and O–H groups in total. The van der Waals surface area contributed by atoms with Crippen LogP contribution < -0.4 is 14.8 Å². The van der Waals surface area contributed by atoms with Gasteiger partial charge in [-0.25, -0.2) is 8.42 Å². The molecule has 0 fully saturated rings. The van der Waals surface area contributed by atoms with Crippen LogP contribution in [0.2, 0.25) is 0 Å². The lowest BCUT2D eigenvalue weighted by Crippen LogP contribution is -2.32. The van der Waals surface area contributed by atoms with Crippen molar-refractivity contribution in [3.63, 3.8) is 0 Å². The molecule has 2 aromatic carbocycles.